The minimum absolute atomic E-state index is 0.0386. The number of nitro groups is 1. The molecule has 2 rings (SSSR count). The standard InChI is InChI=1S/C21H29N5O5/c1-4-5-11-25-19(22)18(20(28)23-21(25)29)24(12-10-14(2)3)17(27)13-15-6-8-16(9-7-15)26(30)31/h6-9,14H,4-5,10-13,22H2,1-3H3,(H,23,28,29). The Balaban J connectivity index is 2.43. The number of H-pyrrole nitrogens is 1. The van der Waals surface area contributed by atoms with Crippen LogP contribution in [-0.2, 0) is 17.8 Å². The quantitative estimate of drug-likeness (QED) is 0.437. The minimum atomic E-state index is -0.712. The molecule has 1 heterocycles. The van der Waals surface area contributed by atoms with Gasteiger partial charge in [-0.2, -0.15) is 0 Å². The summed E-state index contributed by atoms with van der Waals surface area (Å²) in [6, 6.07) is 5.67. The van der Waals surface area contributed by atoms with Crippen LogP contribution in [0.25, 0.3) is 0 Å². The van der Waals surface area contributed by atoms with Gasteiger partial charge in [0.1, 0.15) is 5.82 Å². The summed E-state index contributed by atoms with van der Waals surface area (Å²) < 4.78 is 1.28. The molecule has 0 aliphatic heterocycles. The smallest absolute Gasteiger partial charge is 0.330 e. The lowest BCUT2D eigenvalue weighted by Crippen LogP contribution is -2.42. The average Bonchev–Trinajstić information content (AvgIpc) is 2.70. The Hall–Kier alpha value is -3.43. The van der Waals surface area contributed by atoms with E-state index in [1.54, 1.807) is 0 Å². The molecule has 168 valence electrons. The van der Waals surface area contributed by atoms with Crippen LogP contribution in [0.15, 0.2) is 33.9 Å². The van der Waals surface area contributed by atoms with Gasteiger partial charge in [-0.05, 0) is 24.3 Å². The molecule has 0 aliphatic carbocycles. The highest BCUT2D eigenvalue weighted by Gasteiger charge is 2.24. The number of carbonyl (C=O) groups excluding carboxylic acids is 1. The summed E-state index contributed by atoms with van der Waals surface area (Å²) in [5, 5.41) is 10.8. The predicted molar refractivity (Wildman–Crippen MR) is 119 cm³/mol. The number of amides is 1. The molecule has 0 unspecified atom stereocenters. The van der Waals surface area contributed by atoms with E-state index in [1.807, 2.05) is 20.8 Å². The van der Waals surface area contributed by atoms with Crippen molar-refractivity contribution in [3.05, 3.63) is 60.8 Å². The second-order valence-corrected chi connectivity index (χ2v) is 7.83. The second-order valence-electron chi connectivity index (χ2n) is 7.83. The van der Waals surface area contributed by atoms with Gasteiger partial charge in [0.25, 0.3) is 11.2 Å². The number of benzene rings is 1. The molecule has 2 aromatic rings. The lowest BCUT2D eigenvalue weighted by Gasteiger charge is -2.25. The number of nitrogens with two attached hydrogens (primary N) is 1. The number of rotatable bonds is 10. The number of aromatic amines is 1. The van der Waals surface area contributed by atoms with Gasteiger partial charge in [0.2, 0.25) is 5.91 Å². The molecule has 0 saturated heterocycles. The molecule has 10 nitrogen and oxygen atoms in total. The fraction of sp³-hybridized carbons (Fsp3) is 0.476. The van der Waals surface area contributed by atoms with Gasteiger partial charge in [0.15, 0.2) is 5.69 Å². The first-order valence-corrected chi connectivity index (χ1v) is 10.3. The molecule has 0 saturated carbocycles. The van der Waals surface area contributed by atoms with Gasteiger partial charge in [0, 0.05) is 25.2 Å². The Morgan fingerprint density at radius 1 is 1.26 bits per heavy atom. The first-order chi connectivity index (χ1) is 14.6. The molecule has 0 radical (unpaired) electrons. The van der Waals surface area contributed by atoms with Crippen LogP contribution >= 0.6 is 0 Å². The van der Waals surface area contributed by atoms with Gasteiger partial charge in [-0.1, -0.05) is 39.3 Å². The van der Waals surface area contributed by atoms with Crippen molar-refractivity contribution in [3.8, 4) is 0 Å². The summed E-state index contributed by atoms with van der Waals surface area (Å²) in [6.07, 6.45) is 2.08. The van der Waals surface area contributed by atoms with Gasteiger partial charge in [-0.25, -0.2) is 4.79 Å². The molecular weight excluding hydrogens is 402 g/mol. The molecule has 0 atom stereocenters. The number of hydrogen-bond acceptors (Lipinski definition) is 6. The number of anilines is 2. The maximum Gasteiger partial charge on any atom is 0.330 e. The van der Waals surface area contributed by atoms with E-state index in [9.17, 15) is 24.5 Å². The van der Waals surface area contributed by atoms with Crippen molar-refractivity contribution in [2.75, 3.05) is 17.2 Å². The van der Waals surface area contributed by atoms with E-state index in [0.717, 1.165) is 6.42 Å². The zero-order valence-corrected chi connectivity index (χ0v) is 18.1. The fourth-order valence-electron chi connectivity index (χ4n) is 3.13. The van der Waals surface area contributed by atoms with E-state index in [0.29, 0.717) is 24.9 Å². The third kappa shape index (κ3) is 6.03. The highest BCUT2D eigenvalue weighted by Crippen LogP contribution is 2.21. The van der Waals surface area contributed by atoms with Gasteiger partial charge in [0.05, 0.1) is 11.3 Å². The number of unbranched alkanes of at least 4 members (excludes halogenated alkanes) is 1. The largest absolute Gasteiger partial charge is 0.383 e. The van der Waals surface area contributed by atoms with Gasteiger partial charge < -0.3 is 10.6 Å². The van der Waals surface area contributed by atoms with Crippen LogP contribution in [-0.4, -0.2) is 26.9 Å². The molecule has 1 amide bonds. The fourth-order valence-corrected chi connectivity index (χ4v) is 3.13. The van der Waals surface area contributed by atoms with Crippen molar-refractivity contribution in [1.29, 1.82) is 0 Å². The number of aromatic nitrogens is 2. The number of hydrogen-bond donors (Lipinski definition) is 2. The zero-order valence-electron chi connectivity index (χ0n) is 18.1. The SMILES string of the molecule is CCCCn1c(N)c(N(CCC(C)C)C(=O)Cc2ccc([N+](=O)[O-])cc2)c(=O)[nH]c1=O. The third-order valence-corrected chi connectivity index (χ3v) is 4.95. The Morgan fingerprint density at radius 2 is 1.90 bits per heavy atom. The van der Waals surface area contributed by atoms with Crippen molar-refractivity contribution in [2.45, 2.75) is 53.0 Å². The number of nitrogens with zero attached hydrogens (tertiary/aromatic N) is 3. The molecule has 0 aliphatic rings. The summed E-state index contributed by atoms with van der Waals surface area (Å²) in [4.78, 5) is 51.9. The normalized spacial score (nSPS) is 11.0. The first-order valence-electron chi connectivity index (χ1n) is 10.3. The maximum absolute atomic E-state index is 13.2. The Kier molecular flexibility index (Phi) is 8.12. The molecule has 0 spiro atoms. The van der Waals surface area contributed by atoms with Crippen LogP contribution in [0.4, 0.5) is 17.2 Å². The van der Waals surface area contributed by atoms with Gasteiger partial charge in [-0.15, -0.1) is 0 Å². The average molecular weight is 431 g/mol. The van der Waals surface area contributed by atoms with E-state index in [4.69, 9.17) is 5.73 Å². The minimum Gasteiger partial charge on any atom is -0.383 e. The summed E-state index contributed by atoms with van der Waals surface area (Å²) >= 11 is 0. The molecule has 1 aromatic heterocycles. The maximum atomic E-state index is 13.2. The van der Waals surface area contributed by atoms with Crippen molar-refractivity contribution >= 4 is 23.1 Å². The third-order valence-electron chi connectivity index (χ3n) is 4.95. The van der Waals surface area contributed by atoms with Crippen LogP contribution in [0.1, 0.15) is 45.6 Å². The predicted octanol–water partition coefficient (Wildman–Crippen LogP) is 2.45. The Labute approximate surface area is 179 Å². The van der Waals surface area contributed by atoms with E-state index >= 15 is 0 Å². The molecule has 3 N–H and O–H groups in total. The number of nitro benzene ring substituents is 1. The summed E-state index contributed by atoms with van der Waals surface area (Å²) in [6.45, 7) is 6.54. The van der Waals surface area contributed by atoms with Crippen molar-refractivity contribution < 1.29 is 9.72 Å². The van der Waals surface area contributed by atoms with Crippen molar-refractivity contribution in [1.82, 2.24) is 9.55 Å². The topological polar surface area (TPSA) is 144 Å². The van der Waals surface area contributed by atoms with Crippen LogP contribution in [0.3, 0.4) is 0 Å². The summed E-state index contributed by atoms with van der Waals surface area (Å²) in [7, 11) is 0. The van der Waals surface area contributed by atoms with Crippen LogP contribution in [0.5, 0.6) is 0 Å². The monoisotopic (exact) mass is 431 g/mol. The molecule has 0 bridgehead atoms. The highest BCUT2D eigenvalue weighted by atomic mass is 16.6. The van der Waals surface area contributed by atoms with E-state index in [2.05, 4.69) is 4.98 Å². The number of carbonyl (C=O) groups is 1. The van der Waals surface area contributed by atoms with Crippen LogP contribution < -0.4 is 21.9 Å². The second kappa shape index (κ2) is 10.6. The first kappa shape index (κ1) is 23.8. The molecular formula is C21H29N5O5. The van der Waals surface area contributed by atoms with Crippen LogP contribution in [0, 0.1) is 16.0 Å². The van der Waals surface area contributed by atoms with Gasteiger partial charge in [-0.3, -0.25) is 29.3 Å². The lowest BCUT2D eigenvalue weighted by atomic mass is 10.1. The Morgan fingerprint density at radius 3 is 2.45 bits per heavy atom. The van der Waals surface area contributed by atoms with Crippen LogP contribution in [0.2, 0.25) is 0 Å². The van der Waals surface area contributed by atoms with E-state index < -0.39 is 16.2 Å². The zero-order chi connectivity index (χ0) is 23.1. The molecule has 1 aromatic carbocycles. The summed E-state index contributed by atoms with van der Waals surface area (Å²) in [5.41, 5.74) is 5.33. The lowest BCUT2D eigenvalue weighted by molar-refractivity contribution is -0.384. The van der Waals surface area contributed by atoms with Crippen molar-refractivity contribution in [3.63, 3.8) is 0 Å². The summed E-state index contributed by atoms with van der Waals surface area (Å²) in [5.74, 6) is -0.156. The molecule has 0 fully saturated rings. The number of nitrogens with one attached hydrogen (secondary N) is 1. The van der Waals surface area contributed by atoms with Crippen molar-refractivity contribution in [2.24, 2.45) is 5.92 Å². The highest BCUT2D eigenvalue weighted by molar-refractivity contribution is 5.96. The number of nitrogen functional groups attached to an aromatic ring is 1. The molecule has 31 heavy (non-hydrogen) atoms. The molecule has 10 heteroatoms. The van der Waals surface area contributed by atoms with E-state index in [1.165, 1.54) is 33.7 Å². The Bertz CT molecular complexity index is 1040. The number of non-ortho nitro benzene ring substituents is 1. The van der Waals surface area contributed by atoms with E-state index in [-0.39, 0.29) is 42.0 Å². The van der Waals surface area contributed by atoms with Gasteiger partial charge >= 0.3 is 5.69 Å².